The topological polar surface area (TPSA) is 38.9 Å². The van der Waals surface area contributed by atoms with Crippen molar-refractivity contribution in [3.8, 4) is 0 Å². The Labute approximate surface area is 129 Å². The van der Waals surface area contributed by atoms with Gasteiger partial charge < -0.3 is 5.73 Å². The second-order valence-corrected chi connectivity index (χ2v) is 6.67. The van der Waals surface area contributed by atoms with E-state index in [4.69, 9.17) is 10.7 Å². The van der Waals surface area contributed by atoms with Gasteiger partial charge in [0.25, 0.3) is 0 Å². The molecule has 0 aliphatic heterocycles. The average Bonchev–Trinajstić information content (AvgIpc) is 2.95. The molecule has 0 bridgehead atoms. The normalized spacial score (nSPS) is 12.7. The van der Waals surface area contributed by atoms with Gasteiger partial charge in [-0.2, -0.15) is 0 Å². The Bertz CT molecular complexity index is 761. The Morgan fingerprint density at radius 2 is 1.90 bits per heavy atom. The van der Waals surface area contributed by atoms with Crippen molar-refractivity contribution >= 4 is 22.2 Å². The zero-order valence-electron chi connectivity index (χ0n) is 12.5. The highest BCUT2D eigenvalue weighted by molar-refractivity contribution is 7.11. The van der Waals surface area contributed by atoms with E-state index in [2.05, 4.69) is 50.2 Å². The first-order valence-corrected chi connectivity index (χ1v) is 8.18. The van der Waals surface area contributed by atoms with Gasteiger partial charge in [-0.15, -0.1) is 11.3 Å². The van der Waals surface area contributed by atoms with Crippen LogP contribution in [-0.2, 0) is 12.8 Å². The van der Waals surface area contributed by atoms with E-state index in [1.165, 1.54) is 20.7 Å². The Morgan fingerprint density at radius 1 is 1.14 bits per heavy atom. The minimum absolute atomic E-state index is 0.0448. The first kappa shape index (κ1) is 14.2. The molecule has 0 saturated carbocycles. The highest BCUT2D eigenvalue weighted by Crippen LogP contribution is 2.25. The van der Waals surface area contributed by atoms with Crippen molar-refractivity contribution in [1.82, 2.24) is 4.98 Å². The van der Waals surface area contributed by atoms with Crippen LogP contribution in [0, 0.1) is 6.92 Å². The third-order valence-corrected chi connectivity index (χ3v) is 5.06. The molecule has 3 aromatic rings. The van der Waals surface area contributed by atoms with Crippen LogP contribution in [0.5, 0.6) is 0 Å². The van der Waals surface area contributed by atoms with E-state index < -0.39 is 0 Å². The third kappa shape index (κ3) is 2.99. The van der Waals surface area contributed by atoms with Crippen molar-refractivity contribution in [2.45, 2.75) is 32.7 Å². The molecule has 0 aliphatic rings. The fourth-order valence-corrected chi connectivity index (χ4v) is 3.63. The van der Waals surface area contributed by atoms with Crippen LogP contribution in [0.4, 0.5) is 0 Å². The van der Waals surface area contributed by atoms with Crippen molar-refractivity contribution in [1.29, 1.82) is 0 Å². The van der Waals surface area contributed by atoms with E-state index in [-0.39, 0.29) is 6.04 Å². The number of fused-ring (bicyclic) bond motifs is 1. The molecule has 2 nitrogen and oxygen atoms in total. The fraction of sp³-hybridized carbons (Fsp3) is 0.278. The molecule has 0 saturated heterocycles. The van der Waals surface area contributed by atoms with Gasteiger partial charge >= 0.3 is 0 Å². The summed E-state index contributed by atoms with van der Waals surface area (Å²) in [7, 11) is 0. The molecular formula is C18H20N2S. The first-order valence-electron chi connectivity index (χ1n) is 7.37. The molecule has 0 spiro atoms. The molecular weight excluding hydrogens is 276 g/mol. The van der Waals surface area contributed by atoms with Gasteiger partial charge in [-0.05, 0) is 43.2 Å². The summed E-state index contributed by atoms with van der Waals surface area (Å²) in [6.45, 7) is 4.31. The minimum Gasteiger partial charge on any atom is -0.322 e. The lowest BCUT2D eigenvalue weighted by Gasteiger charge is -2.12. The molecule has 2 N–H and O–H groups in total. The van der Waals surface area contributed by atoms with Crippen LogP contribution in [0.3, 0.4) is 0 Å². The largest absolute Gasteiger partial charge is 0.322 e. The second-order valence-electron chi connectivity index (χ2n) is 5.41. The van der Waals surface area contributed by atoms with Crippen LogP contribution in [-0.4, -0.2) is 4.98 Å². The number of thiophene rings is 1. The van der Waals surface area contributed by atoms with Crippen molar-refractivity contribution in [2.24, 2.45) is 5.73 Å². The Morgan fingerprint density at radius 3 is 2.67 bits per heavy atom. The van der Waals surface area contributed by atoms with E-state index in [0.29, 0.717) is 0 Å². The van der Waals surface area contributed by atoms with Gasteiger partial charge in [0, 0.05) is 21.6 Å². The van der Waals surface area contributed by atoms with E-state index in [9.17, 15) is 0 Å². The number of rotatable bonds is 4. The van der Waals surface area contributed by atoms with Gasteiger partial charge in [0.05, 0.1) is 17.3 Å². The average molecular weight is 296 g/mol. The van der Waals surface area contributed by atoms with Crippen molar-refractivity contribution < 1.29 is 0 Å². The van der Waals surface area contributed by atoms with Crippen LogP contribution < -0.4 is 5.73 Å². The SMILES string of the molecule is CCc1ccc(CC(N)c2cc(C)c3ccccc3n2)s1. The lowest BCUT2D eigenvalue weighted by atomic mass is 10.0. The zero-order chi connectivity index (χ0) is 14.8. The lowest BCUT2D eigenvalue weighted by Crippen LogP contribution is -2.14. The molecule has 1 aromatic carbocycles. The smallest absolute Gasteiger partial charge is 0.0708 e. The monoisotopic (exact) mass is 296 g/mol. The van der Waals surface area contributed by atoms with E-state index in [0.717, 1.165) is 24.1 Å². The number of aryl methyl sites for hydroxylation is 2. The summed E-state index contributed by atoms with van der Waals surface area (Å²) >= 11 is 1.86. The molecule has 3 heteroatoms. The number of benzene rings is 1. The maximum atomic E-state index is 6.38. The maximum absolute atomic E-state index is 6.38. The molecule has 0 fully saturated rings. The summed E-state index contributed by atoms with van der Waals surface area (Å²) in [5.41, 5.74) is 9.64. The van der Waals surface area contributed by atoms with E-state index in [1.807, 2.05) is 17.4 Å². The Balaban J connectivity index is 1.88. The van der Waals surface area contributed by atoms with Crippen LogP contribution in [0.25, 0.3) is 10.9 Å². The maximum Gasteiger partial charge on any atom is 0.0708 e. The quantitative estimate of drug-likeness (QED) is 0.774. The number of hydrogen-bond donors (Lipinski definition) is 1. The highest BCUT2D eigenvalue weighted by atomic mass is 32.1. The van der Waals surface area contributed by atoms with E-state index >= 15 is 0 Å². The van der Waals surface area contributed by atoms with Gasteiger partial charge in [0.15, 0.2) is 0 Å². The van der Waals surface area contributed by atoms with Crippen LogP contribution in [0.15, 0.2) is 42.5 Å². The second kappa shape index (κ2) is 5.96. The van der Waals surface area contributed by atoms with Crippen LogP contribution in [0.1, 0.15) is 34.0 Å². The molecule has 0 amide bonds. The van der Waals surface area contributed by atoms with Gasteiger partial charge in [-0.3, -0.25) is 4.98 Å². The molecule has 1 atom stereocenters. The summed E-state index contributed by atoms with van der Waals surface area (Å²) in [6.07, 6.45) is 1.95. The van der Waals surface area contributed by atoms with Gasteiger partial charge in [0.2, 0.25) is 0 Å². The molecule has 3 rings (SSSR count). The molecule has 2 heterocycles. The Kier molecular flexibility index (Phi) is 4.04. The number of hydrogen-bond acceptors (Lipinski definition) is 3. The lowest BCUT2D eigenvalue weighted by molar-refractivity contribution is 0.706. The molecule has 2 aromatic heterocycles. The summed E-state index contributed by atoms with van der Waals surface area (Å²) in [4.78, 5) is 7.50. The molecule has 0 radical (unpaired) electrons. The standard InChI is InChI=1S/C18H20N2S/c1-3-13-8-9-14(21-13)11-16(19)18-10-12(2)15-6-4-5-7-17(15)20-18/h4-10,16H,3,11,19H2,1-2H3. The van der Waals surface area contributed by atoms with Crippen LogP contribution in [0.2, 0.25) is 0 Å². The molecule has 21 heavy (non-hydrogen) atoms. The van der Waals surface area contributed by atoms with Crippen molar-refractivity contribution in [3.05, 3.63) is 63.5 Å². The number of nitrogens with two attached hydrogens (primary N) is 1. The van der Waals surface area contributed by atoms with Gasteiger partial charge in [-0.25, -0.2) is 0 Å². The third-order valence-electron chi connectivity index (χ3n) is 3.81. The predicted molar refractivity (Wildman–Crippen MR) is 90.8 cm³/mol. The minimum atomic E-state index is -0.0448. The first-order chi connectivity index (χ1) is 10.2. The Hall–Kier alpha value is -1.71. The van der Waals surface area contributed by atoms with Crippen LogP contribution >= 0.6 is 11.3 Å². The predicted octanol–water partition coefficient (Wildman–Crippen LogP) is 4.41. The van der Waals surface area contributed by atoms with Gasteiger partial charge in [-0.1, -0.05) is 25.1 Å². The summed E-state index contributed by atoms with van der Waals surface area (Å²) < 4.78 is 0. The number of para-hydroxylation sites is 1. The number of pyridine rings is 1. The molecule has 0 aliphatic carbocycles. The van der Waals surface area contributed by atoms with E-state index in [1.54, 1.807) is 0 Å². The molecule has 1 unspecified atom stereocenters. The van der Waals surface area contributed by atoms with Crippen molar-refractivity contribution in [3.63, 3.8) is 0 Å². The fourth-order valence-electron chi connectivity index (χ4n) is 2.61. The number of nitrogens with zero attached hydrogens (tertiary/aromatic N) is 1. The summed E-state index contributed by atoms with van der Waals surface area (Å²) in [5.74, 6) is 0. The number of aromatic nitrogens is 1. The van der Waals surface area contributed by atoms with Crippen molar-refractivity contribution in [2.75, 3.05) is 0 Å². The van der Waals surface area contributed by atoms with Gasteiger partial charge in [0.1, 0.15) is 0 Å². The summed E-state index contributed by atoms with van der Waals surface area (Å²) in [6, 6.07) is 14.7. The molecule has 108 valence electrons. The highest BCUT2D eigenvalue weighted by Gasteiger charge is 2.12. The summed E-state index contributed by atoms with van der Waals surface area (Å²) in [5, 5.41) is 1.21. The zero-order valence-corrected chi connectivity index (χ0v) is 13.3.